The van der Waals surface area contributed by atoms with Crippen LogP contribution in [-0.4, -0.2) is 18.6 Å². The van der Waals surface area contributed by atoms with Crippen LogP contribution in [-0.2, 0) is 11.3 Å². The van der Waals surface area contributed by atoms with Crippen molar-refractivity contribution in [2.75, 3.05) is 13.7 Å². The number of aromatic nitrogens is 1. The molecule has 0 bridgehead atoms. The van der Waals surface area contributed by atoms with E-state index in [1.807, 2.05) is 13.2 Å². The highest BCUT2D eigenvalue weighted by Gasteiger charge is 2.34. The first-order chi connectivity index (χ1) is 7.35. The van der Waals surface area contributed by atoms with Crippen LogP contribution in [0.15, 0.2) is 6.20 Å². The van der Waals surface area contributed by atoms with Crippen LogP contribution in [0.4, 0.5) is 0 Å². The van der Waals surface area contributed by atoms with Crippen LogP contribution in [0.1, 0.15) is 35.8 Å². The molecule has 1 aromatic heterocycles. The van der Waals surface area contributed by atoms with Crippen molar-refractivity contribution < 1.29 is 4.74 Å². The summed E-state index contributed by atoms with van der Waals surface area (Å²) in [6, 6.07) is 0. The molecule has 0 aromatic carbocycles. The van der Waals surface area contributed by atoms with Crippen LogP contribution in [0.5, 0.6) is 0 Å². The SMILES string of the molecule is CCOC(c1ncc(CNC)s1)C1CC1. The molecule has 0 aliphatic heterocycles. The molecule has 1 aliphatic rings. The molecule has 1 heterocycles. The molecule has 1 aliphatic carbocycles. The zero-order chi connectivity index (χ0) is 10.7. The van der Waals surface area contributed by atoms with Gasteiger partial charge in [0.1, 0.15) is 11.1 Å². The highest BCUT2D eigenvalue weighted by Crippen LogP contribution is 2.44. The fourth-order valence-electron chi connectivity index (χ4n) is 1.70. The second-order valence-electron chi connectivity index (χ2n) is 3.91. The lowest BCUT2D eigenvalue weighted by molar-refractivity contribution is 0.0462. The number of thiazole rings is 1. The Hall–Kier alpha value is -0.450. The summed E-state index contributed by atoms with van der Waals surface area (Å²) >= 11 is 1.78. The minimum absolute atomic E-state index is 0.255. The van der Waals surface area contributed by atoms with Crippen molar-refractivity contribution in [3.63, 3.8) is 0 Å². The molecule has 84 valence electrons. The van der Waals surface area contributed by atoms with E-state index in [1.165, 1.54) is 17.7 Å². The Morgan fingerprint density at radius 1 is 1.67 bits per heavy atom. The molecule has 2 rings (SSSR count). The minimum Gasteiger partial charge on any atom is -0.371 e. The molecular weight excluding hydrogens is 208 g/mol. The molecule has 4 heteroatoms. The number of hydrogen-bond acceptors (Lipinski definition) is 4. The van der Waals surface area contributed by atoms with Gasteiger partial charge in [-0.1, -0.05) is 0 Å². The van der Waals surface area contributed by atoms with Crippen molar-refractivity contribution in [1.82, 2.24) is 10.3 Å². The Balaban J connectivity index is 2.04. The van der Waals surface area contributed by atoms with E-state index in [1.54, 1.807) is 11.3 Å². The van der Waals surface area contributed by atoms with Crippen LogP contribution < -0.4 is 5.32 Å². The summed E-state index contributed by atoms with van der Waals surface area (Å²) in [6.45, 7) is 3.74. The first-order valence-electron chi connectivity index (χ1n) is 5.56. The van der Waals surface area contributed by atoms with Crippen molar-refractivity contribution in [1.29, 1.82) is 0 Å². The number of rotatable bonds is 6. The quantitative estimate of drug-likeness (QED) is 0.808. The molecule has 0 saturated heterocycles. The number of nitrogens with one attached hydrogen (secondary N) is 1. The molecule has 1 fully saturated rings. The lowest BCUT2D eigenvalue weighted by Crippen LogP contribution is -2.05. The van der Waals surface area contributed by atoms with Crippen molar-refractivity contribution in [2.24, 2.45) is 5.92 Å². The van der Waals surface area contributed by atoms with Gasteiger partial charge in [0, 0.05) is 24.2 Å². The smallest absolute Gasteiger partial charge is 0.122 e. The molecule has 1 N–H and O–H groups in total. The molecule has 0 amide bonds. The van der Waals surface area contributed by atoms with Crippen molar-refractivity contribution in [3.05, 3.63) is 16.1 Å². The topological polar surface area (TPSA) is 34.1 Å². The molecular formula is C11H18N2OS. The summed E-state index contributed by atoms with van der Waals surface area (Å²) in [7, 11) is 1.96. The summed E-state index contributed by atoms with van der Waals surface area (Å²) in [5.74, 6) is 0.721. The first-order valence-corrected chi connectivity index (χ1v) is 6.37. The van der Waals surface area contributed by atoms with E-state index >= 15 is 0 Å². The van der Waals surface area contributed by atoms with E-state index in [0.717, 1.165) is 24.1 Å². The number of nitrogens with zero attached hydrogens (tertiary/aromatic N) is 1. The van der Waals surface area contributed by atoms with Gasteiger partial charge in [-0.05, 0) is 32.7 Å². The molecule has 1 aromatic rings. The lowest BCUT2D eigenvalue weighted by atomic mass is 10.2. The van der Waals surface area contributed by atoms with Crippen molar-refractivity contribution in [3.8, 4) is 0 Å². The molecule has 15 heavy (non-hydrogen) atoms. The van der Waals surface area contributed by atoms with Gasteiger partial charge in [-0.2, -0.15) is 0 Å². The van der Waals surface area contributed by atoms with E-state index in [4.69, 9.17) is 4.74 Å². The van der Waals surface area contributed by atoms with Gasteiger partial charge in [0.25, 0.3) is 0 Å². The first kappa shape index (κ1) is 11.0. The standard InChI is InChI=1S/C11H18N2OS/c1-3-14-10(8-4-5-8)11-13-7-9(15-11)6-12-2/h7-8,10,12H,3-6H2,1-2H3. The van der Waals surface area contributed by atoms with Gasteiger partial charge < -0.3 is 10.1 Å². The van der Waals surface area contributed by atoms with Gasteiger partial charge >= 0.3 is 0 Å². The van der Waals surface area contributed by atoms with E-state index in [9.17, 15) is 0 Å². The maximum Gasteiger partial charge on any atom is 0.122 e. The summed E-state index contributed by atoms with van der Waals surface area (Å²) in [5, 5.41) is 4.30. The van der Waals surface area contributed by atoms with Crippen LogP contribution in [0, 0.1) is 5.92 Å². The lowest BCUT2D eigenvalue weighted by Gasteiger charge is -2.12. The minimum atomic E-state index is 0.255. The summed E-state index contributed by atoms with van der Waals surface area (Å²) in [6.07, 6.45) is 4.81. The largest absolute Gasteiger partial charge is 0.371 e. The third kappa shape index (κ3) is 2.77. The van der Waals surface area contributed by atoms with Crippen LogP contribution in [0.3, 0.4) is 0 Å². The Labute approximate surface area is 94.9 Å². The predicted octanol–water partition coefficient (Wildman–Crippen LogP) is 2.35. The maximum absolute atomic E-state index is 5.77. The molecule has 0 spiro atoms. The third-order valence-corrected chi connectivity index (χ3v) is 3.62. The van der Waals surface area contributed by atoms with Crippen molar-refractivity contribution in [2.45, 2.75) is 32.4 Å². The molecule has 1 saturated carbocycles. The second-order valence-corrected chi connectivity index (χ2v) is 5.06. The summed E-state index contributed by atoms with van der Waals surface area (Å²) in [5.41, 5.74) is 0. The van der Waals surface area contributed by atoms with Gasteiger partial charge in [-0.25, -0.2) is 4.98 Å². The highest BCUT2D eigenvalue weighted by atomic mass is 32.1. The number of hydrogen-bond donors (Lipinski definition) is 1. The second kappa shape index (κ2) is 5.05. The van der Waals surface area contributed by atoms with Gasteiger partial charge in [-0.15, -0.1) is 11.3 Å². The normalized spacial score (nSPS) is 18.0. The van der Waals surface area contributed by atoms with Gasteiger partial charge in [0.05, 0.1) is 0 Å². The Morgan fingerprint density at radius 2 is 2.47 bits per heavy atom. The maximum atomic E-state index is 5.77. The van der Waals surface area contributed by atoms with E-state index in [2.05, 4.69) is 17.2 Å². The van der Waals surface area contributed by atoms with Crippen molar-refractivity contribution >= 4 is 11.3 Å². The van der Waals surface area contributed by atoms with Crippen LogP contribution >= 0.6 is 11.3 Å². The fourth-order valence-corrected chi connectivity index (χ4v) is 2.77. The van der Waals surface area contributed by atoms with E-state index < -0.39 is 0 Å². The Bertz CT molecular complexity index is 309. The monoisotopic (exact) mass is 226 g/mol. The highest BCUT2D eigenvalue weighted by molar-refractivity contribution is 7.11. The predicted molar refractivity (Wildman–Crippen MR) is 62.0 cm³/mol. The van der Waals surface area contributed by atoms with Crippen LogP contribution in [0.2, 0.25) is 0 Å². The summed E-state index contributed by atoms with van der Waals surface area (Å²) < 4.78 is 5.77. The molecule has 0 radical (unpaired) electrons. The molecule has 1 unspecified atom stereocenters. The van der Waals surface area contributed by atoms with Crippen LogP contribution in [0.25, 0.3) is 0 Å². The van der Waals surface area contributed by atoms with E-state index in [0.29, 0.717) is 0 Å². The third-order valence-electron chi connectivity index (χ3n) is 2.56. The van der Waals surface area contributed by atoms with Gasteiger partial charge in [0.2, 0.25) is 0 Å². The summed E-state index contributed by atoms with van der Waals surface area (Å²) in [4.78, 5) is 5.76. The number of ether oxygens (including phenoxy) is 1. The average molecular weight is 226 g/mol. The Kier molecular flexibility index (Phi) is 3.72. The van der Waals surface area contributed by atoms with Gasteiger partial charge in [-0.3, -0.25) is 0 Å². The molecule has 3 nitrogen and oxygen atoms in total. The fraction of sp³-hybridized carbons (Fsp3) is 0.727. The zero-order valence-corrected chi connectivity index (χ0v) is 10.1. The Morgan fingerprint density at radius 3 is 3.07 bits per heavy atom. The average Bonchev–Trinajstić information content (AvgIpc) is 2.96. The van der Waals surface area contributed by atoms with Gasteiger partial charge in [0.15, 0.2) is 0 Å². The van der Waals surface area contributed by atoms with E-state index in [-0.39, 0.29) is 6.10 Å². The molecule has 1 atom stereocenters. The zero-order valence-electron chi connectivity index (χ0n) is 9.32.